The van der Waals surface area contributed by atoms with Crippen LogP contribution in [-0.4, -0.2) is 12.6 Å². The minimum absolute atomic E-state index is 0.0435. The zero-order chi connectivity index (χ0) is 10.4. The van der Waals surface area contributed by atoms with Gasteiger partial charge in [-0.2, -0.15) is 0 Å². The first-order chi connectivity index (χ1) is 6.75. The number of unbranched alkanes of at least 4 members (excludes halogenated alkanes) is 1. The molecule has 2 unspecified atom stereocenters. The van der Waals surface area contributed by atoms with Gasteiger partial charge in [-0.3, -0.25) is 0 Å². The second-order valence-corrected chi connectivity index (χ2v) is 3.52. The van der Waals surface area contributed by atoms with Gasteiger partial charge in [-0.15, -0.1) is 0 Å². The van der Waals surface area contributed by atoms with Gasteiger partial charge in [0.25, 0.3) is 0 Å². The lowest BCUT2D eigenvalue weighted by atomic mass is 10.1. The molecule has 0 amide bonds. The maximum absolute atomic E-state index is 5.83. The summed E-state index contributed by atoms with van der Waals surface area (Å²) in [4.78, 5) is 0. The Hall–Kier alpha value is -0.800. The van der Waals surface area contributed by atoms with Crippen molar-refractivity contribution in [1.82, 2.24) is 0 Å². The quantitative estimate of drug-likeness (QED) is 0.713. The lowest BCUT2D eigenvalue weighted by Crippen LogP contribution is -2.27. The lowest BCUT2D eigenvalue weighted by Gasteiger charge is -2.18. The van der Waals surface area contributed by atoms with Gasteiger partial charge in [0.15, 0.2) is 0 Å². The Morgan fingerprint density at radius 3 is 2.86 bits per heavy atom. The van der Waals surface area contributed by atoms with E-state index in [1.165, 1.54) is 0 Å². The molecule has 0 aliphatic rings. The summed E-state index contributed by atoms with van der Waals surface area (Å²) in [6.07, 6.45) is 3.72. The van der Waals surface area contributed by atoms with Gasteiger partial charge in [0, 0.05) is 12.6 Å². The molecule has 80 valence electrons. The third kappa shape index (κ3) is 3.16. The maximum Gasteiger partial charge on any atom is 0.134 e. The lowest BCUT2D eigenvalue weighted by molar-refractivity contribution is 0.0222. The van der Waals surface area contributed by atoms with Crippen LogP contribution in [0.2, 0.25) is 0 Å². The van der Waals surface area contributed by atoms with Crippen LogP contribution < -0.4 is 5.73 Å². The van der Waals surface area contributed by atoms with Gasteiger partial charge in [-0.25, -0.2) is 0 Å². The second kappa shape index (κ2) is 5.83. The molecule has 0 saturated heterocycles. The van der Waals surface area contributed by atoms with Crippen molar-refractivity contribution in [1.29, 1.82) is 0 Å². The molecule has 2 N–H and O–H groups in total. The van der Waals surface area contributed by atoms with E-state index in [-0.39, 0.29) is 12.1 Å². The average Bonchev–Trinajstić information content (AvgIpc) is 2.64. The van der Waals surface area contributed by atoms with Crippen LogP contribution in [0.1, 0.15) is 38.6 Å². The van der Waals surface area contributed by atoms with Crippen molar-refractivity contribution in [3.05, 3.63) is 24.2 Å². The summed E-state index contributed by atoms with van der Waals surface area (Å²) < 4.78 is 11.0. The van der Waals surface area contributed by atoms with Crippen LogP contribution in [0.15, 0.2) is 22.8 Å². The maximum atomic E-state index is 5.83. The number of ether oxygens (including phenoxy) is 1. The van der Waals surface area contributed by atoms with Crippen molar-refractivity contribution in [2.45, 2.75) is 38.8 Å². The average molecular weight is 197 g/mol. The summed E-state index contributed by atoms with van der Waals surface area (Å²) in [6.45, 7) is 4.81. The van der Waals surface area contributed by atoms with E-state index in [1.54, 1.807) is 6.26 Å². The molecule has 0 radical (unpaired) electrons. The summed E-state index contributed by atoms with van der Waals surface area (Å²) in [5, 5.41) is 0. The van der Waals surface area contributed by atoms with Crippen molar-refractivity contribution in [3.63, 3.8) is 0 Å². The molecule has 0 saturated carbocycles. The zero-order valence-electron chi connectivity index (χ0n) is 8.90. The molecule has 0 aliphatic heterocycles. The van der Waals surface area contributed by atoms with Crippen LogP contribution in [0.25, 0.3) is 0 Å². The summed E-state index contributed by atoms with van der Waals surface area (Å²) >= 11 is 0. The van der Waals surface area contributed by atoms with Gasteiger partial charge in [0.2, 0.25) is 0 Å². The van der Waals surface area contributed by atoms with Crippen molar-refractivity contribution in [2.75, 3.05) is 6.61 Å². The van der Waals surface area contributed by atoms with Crippen LogP contribution in [0.4, 0.5) is 0 Å². The topological polar surface area (TPSA) is 48.4 Å². The molecule has 0 bridgehead atoms. The first-order valence-corrected chi connectivity index (χ1v) is 5.16. The fourth-order valence-corrected chi connectivity index (χ4v) is 1.30. The van der Waals surface area contributed by atoms with Crippen LogP contribution in [0.3, 0.4) is 0 Å². The summed E-state index contributed by atoms with van der Waals surface area (Å²) in [7, 11) is 0. The molecular formula is C11H19NO2. The SMILES string of the molecule is CCCCOC(c1ccco1)C(C)N. The Balaban J connectivity index is 2.48. The van der Waals surface area contributed by atoms with Crippen LogP contribution >= 0.6 is 0 Å². The van der Waals surface area contributed by atoms with Crippen LogP contribution in [-0.2, 0) is 4.74 Å². The monoisotopic (exact) mass is 197 g/mol. The molecule has 3 heteroatoms. The molecule has 3 nitrogen and oxygen atoms in total. The minimum Gasteiger partial charge on any atom is -0.467 e. The van der Waals surface area contributed by atoms with Gasteiger partial charge in [-0.05, 0) is 25.5 Å². The molecule has 1 aromatic rings. The normalized spacial score (nSPS) is 15.4. The van der Waals surface area contributed by atoms with E-state index in [9.17, 15) is 0 Å². The summed E-state index contributed by atoms with van der Waals surface area (Å²) in [6, 6.07) is 3.71. The minimum atomic E-state index is -0.114. The predicted octanol–water partition coefficient (Wildman–Crippen LogP) is 2.48. The molecule has 0 fully saturated rings. The van der Waals surface area contributed by atoms with E-state index in [2.05, 4.69) is 6.92 Å². The Kier molecular flexibility index (Phi) is 4.70. The molecule has 0 spiro atoms. The number of furan rings is 1. The summed E-state index contributed by atoms with van der Waals surface area (Å²) in [5.74, 6) is 0.816. The molecule has 0 aromatic carbocycles. The van der Waals surface area contributed by atoms with E-state index in [1.807, 2.05) is 19.1 Å². The highest BCUT2D eigenvalue weighted by Crippen LogP contribution is 2.20. The fourth-order valence-electron chi connectivity index (χ4n) is 1.30. The van der Waals surface area contributed by atoms with Crippen LogP contribution in [0, 0.1) is 0 Å². The van der Waals surface area contributed by atoms with Gasteiger partial charge in [-0.1, -0.05) is 13.3 Å². The fraction of sp³-hybridized carbons (Fsp3) is 0.636. The Morgan fingerprint density at radius 1 is 1.57 bits per heavy atom. The van der Waals surface area contributed by atoms with Crippen molar-refractivity contribution >= 4 is 0 Å². The molecule has 0 aliphatic carbocycles. The number of hydrogen-bond donors (Lipinski definition) is 1. The largest absolute Gasteiger partial charge is 0.467 e. The van der Waals surface area contributed by atoms with E-state index < -0.39 is 0 Å². The highest BCUT2D eigenvalue weighted by Gasteiger charge is 2.18. The Morgan fingerprint density at radius 2 is 2.36 bits per heavy atom. The van der Waals surface area contributed by atoms with E-state index in [4.69, 9.17) is 14.9 Å². The van der Waals surface area contributed by atoms with Crippen molar-refractivity contribution < 1.29 is 9.15 Å². The highest BCUT2D eigenvalue weighted by atomic mass is 16.5. The Bertz CT molecular complexity index is 231. The third-order valence-corrected chi connectivity index (χ3v) is 2.10. The molecular weight excluding hydrogens is 178 g/mol. The van der Waals surface area contributed by atoms with Crippen LogP contribution in [0.5, 0.6) is 0 Å². The molecule has 14 heavy (non-hydrogen) atoms. The van der Waals surface area contributed by atoms with Gasteiger partial charge >= 0.3 is 0 Å². The zero-order valence-corrected chi connectivity index (χ0v) is 8.90. The first kappa shape index (κ1) is 11.3. The summed E-state index contributed by atoms with van der Waals surface area (Å²) in [5.41, 5.74) is 5.83. The van der Waals surface area contributed by atoms with Crippen molar-refractivity contribution in [3.8, 4) is 0 Å². The molecule has 1 aromatic heterocycles. The van der Waals surface area contributed by atoms with E-state index >= 15 is 0 Å². The number of hydrogen-bond acceptors (Lipinski definition) is 3. The second-order valence-electron chi connectivity index (χ2n) is 3.52. The standard InChI is InChI=1S/C11H19NO2/c1-3-4-7-14-11(9(2)12)10-6-5-8-13-10/h5-6,8-9,11H,3-4,7,12H2,1-2H3. The highest BCUT2D eigenvalue weighted by molar-refractivity contribution is 5.04. The molecule has 1 rings (SSSR count). The first-order valence-electron chi connectivity index (χ1n) is 5.16. The molecule has 2 atom stereocenters. The van der Waals surface area contributed by atoms with Gasteiger partial charge in [0.05, 0.1) is 6.26 Å². The number of rotatable bonds is 6. The Labute approximate surface area is 85.2 Å². The number of nitrogens with two attached hydrogens (primary N) is 1. The molecule has 1 heterocycles. The predicted molar refractivity (Wildman–Crippen MR) is 56.0 cm³/mol. The van der Waals surface area contributed by atoms with Crippen molar-refractivity contribution in [2.24, 2.45) is 5.73 Å². The van der Waals surface area contributed by atoms with Gasteiger partial charge in [0.1, 0.15) is 11.9 Å². The smallest absolute Gasteiger partial charge is 0.134 e. The van der Waals surface area contributed by atoms with Gasteiger partial charge < -0.3 is 14.9 Å². The van der Waals surface area contributed by atoms with E-state index in [0.29, 0.717) is 0 Å². The van der Waals surface area contributed by atoms with E-state index in [0.717, 1.165) is 25.2 Å². The third-order valence-electron chi connectivity index (χ3n) is 2.10.